The number of hydrogen-bond acceptors (Lipinski definition) is 2. The van der Waals surface area contributed by atoms with Gasteiger partial charge in [0.15, 0.2) is 0 Å². The van der Waals surface area contributed by atoms with Gasteiger partial charge in [-0.1, -0.05) is 18.5 Å². The molecule has 4 heteroatoms. The van der Waals surface area contributed by atoms with Crippen LogP contribution in [0.3, 0.4) is 0 Å². The molecule has 1 rings (SSSR count). The van der Waals surface area contributed by atoms with Crippen molar-refractivity contribution in [2.75, 3.05) is 0 Å². The molecule has 1 aromatic rings. The third-order valence-electron chi connectivity index (χ3n) is 1.72. The predicted molar refractivity (Wildman–Crippen MR) is 53.5 cm³/mol. The van der Waals surface area contributed by atoms with Crippen LogP contribution in [0.1, 0.15) is 25.3 Å². The van der Waals surface area contributed by atoms with E-state index >= 15 is 0 Å². The number of unbranched alkanes of at least 4 members (excludes halogenated alkanes) is 1. The average Bonchev–Trinajstić information content (AvgIpc) is 2.23. The van der Waals surface area contributed by atoms with Crippen LogP contribution in [-0.4, -0.2) is 6.21 Å². The average molecular weight is 212 g/mol. The SMILES string of the molecule is CCC/[C]=N/OCc1cc(F)ccc1F. The normalized spacial score (nSPS) is 10.9. The molecule has 0 amide bonds. The molecule has 0 unspecified atom stereocenters. The molecule has 0 aliphatic heterocycles. The molecule has 0 aromatic heterocycles. The topological polar surface area (TPSA) is 21.6 Å². The fraction of sp³-hybridized carbons (Fsp3) is 0.364. The summed E-state index contributed by atoms with van der Waals surface area (Å²) in [7, 11) is 0. The van der Waals surface area contributed by atoms with Crippen molar-refractivity contribution in [3.05, 3.63) is 35.4 Å². The quantitative estimate of drug-likeness (QED) is 0.542. The van der Waals surface area contributed by atoms with Gasteiger partial charge in [-0.25, -0.2) is 8.78 Å². The molecule has 2 nitrogen and oxygen atoms in total. The van der Waals surface area contributed by atoms with Gasteiger partial charge in [0.2, 0.25) is 0 Å². The van der Waals surface area contributed by atoms with E-state index in [1.807, 2.05) is 6.92 Å². The van der Waals surface area contributed by atoms with Gasteiger partial charge < -0.3 is 4.84 Å². The van der Waals surface area contributed by atoms with Gasteiger partial charge in [-0.15, -0.1) is 0 Å². The van der Waals surface area contributed by atoms with Crippen LogP contribution in [0, 0.1) is 11.6 Å². The monoisotopic (exact) mass is 212 g/mol. The maximum Gasteiger partial charge on any atom is 0.145 e. The van der Waals surface area contributed by atoms with E-state index < -0.39 is 11.6 Å². The second-order valence-electron chi connectivity index (χ2n) is 3.01. The zero-order valence-electron chi connectivity index (χ0n) is 8.46. The van der Waals surface area contributed by atoms with Crippen LogP contribution in [0.2, 0.25) is 0 Å². The maximum absolute atomic E-state index is 13.0. The molecule has 0 aliphatic carbocycles. The third kappa shape index (κ3) is 4.06. The summed E-state index contributed by atoms with van der Waals surface area (Å²) in [6.07, 6.45) is 4.23. The van der Waals surface area contributed by atoms with Crippen LogP contribution in [0.15, 0.2) is 23.4 Å². The Kier molecular flexibility index (Phi) is 4.74. The van der Waals surface area contributed by atoms with Crippen LogP contribution in [0.4, 0.5) is 8.78 Å². The Hall–Kier alpha value is -1.45. The van der Waals surface area contributed by atoms with Crippen molar-refractivity contribution in [1.29, 1.82) is 0 Å². The lowest BCUT2D eigenvalue weighted by Crippen LogP contribution is -1.93. The highest BCUT2D eigenvalue weighted by molar-refractivity contribution is 5.55. The maximum atomic E-state index is 13.0. The molecular weight excluding hydrogens is 200 g/mol. The molecule has 0 bridgehead atoms. The van der Waals surface area contributed by atoms with E-state index in [-0.39, 0.29) is 12.2 Å². The molecule has 0 saturated heterocycles. The van der Waals surface area contributed by atoms with Crippen molar-refractivity contribution in [2.24, 2.45) is 5.16 Å². The standard InChI is InChI=1S/C11H12F2NO/c1-2-3-6-14-15-8-9-7-10(12)4-5-11(9)13/h4-5,7H,2-3,8H2,1H3. The first kappa shape index (κ1) is 11.6. The summed E-state index contributed by atoms with van der Waals surface area (Å²) in [6.45, 7) is 1.90. The summed E-state index contributed by atoms with van der Waals surface area (Å²) in [5, 5.41) is 3.49. The van der Waals surface area contributed by atoms with E-state index in [0.29, 0.717) is 6.42 Å². The lowest BCUT2D eigenvalue weighted by molar-refractivity contribution is 0.128. The smallest absolute Gasteiger partial charge is 0.145 e. The second-order valence-corrected chi connectivity index (χ2v) is 3.01. The van der Waals surface area contributed by atoms with E-state index in [4.69, 9.17) is 4.84 Å². The van der Waals surface area contributed by atoms with Gasteiger partial charge in [0.05, 0.1) is 0 Å². The van der Waals surface area contributed by atoms with Crippen molar-refractivity contribution in [2.45, 2.75) is 26.4 Å². The van der Waals surface area contributed by atoms with Crippen LogP contribution < -0.4 is 0 Å². The lowest BCUT2D eigenvalue weighted by Gasteiger charge is -2.01. The van der Waals surface area contributed by atoms with E-state index in [0.717, 1.165) is 24.6 Å². The summed E-state index contributed by atoms with van der Waals surface area (Å²) >= 11 is 0. The zero-order chi connectivity index (χ0) is 11.1. The molecule has 0 heterocycles. The first-order chi connectivity index (χ1) is 7.24. The highest BCUT2D eigenvalue weighted by Crippen LogP contribution is 2.10. The van der Waals surface area contributed by atoms with Crippen molar-refractivity contribution in [1.82, 2.24) is 0 Å². The predicted octanol–water partition coefficient (Wildman–Crippen LogP) is 3.14. The van der Waals surface area contributed by atoms with Crippen LogP contribution in [-0.2, 0) is 11.4 Å². The van der Waals surface area contributed by atoms with E-state index in [2.05, 4.69) is 11.4 Å². The number of halogens is 2. The Bertz CT molecular complexity index is 339. The van der Waals surface area contributed by atoms with Crippen molar-refractivity contribution < 1.29 is 13.6 Å². The summed E-state index contributed by atoms with van der Waals surface area (Å²) in [5.41, 5.74) is 0.150. The summed E-state index contributed by atoms with van der Waals surface area (Å²) in [4.78, 5) is 4.76. The van der Waals surface area contributed by atoms with E-state index in [9.17, 15) is 8.78 Å². The second kappa shape index (κ2) is 6.11. The molecule has 0 fully saturated rings. The van der Waals surface area contributed by atoms with Gasteiger partial charge in [-0.05, 0) is 24.6 Å². The van der Waals surface area contributed by atoms with E-state index in [1.54, 1.807) is 0 Å². The van der Waals surface area contributed by atoms with Gasteiger partial charge in [0.1, 0.15) is 24.5 Å². The largest absolute Gasteiger partial charge is 0.391 e. The number of hydrogen-bond donors (Lipinski definition) is 0. The van der Waals surface area contributed by atoms with E-state index in [1.165, 1.54) is 0 Å². The van der Waals surface area contributed by atoms with Gasteiger partial charge in [-0.2, -0.15) is 0 Å². The Morgan fingerprint density at radius 2 is 2.20 bits per heavy atom. The van der Waals surface area contributed by atoms with Crippen molar-refractivity contribution in [3.8, 4) is 0 Å². The highest BCUT2D eigenvalue weighted by atomic mass is 19.1. The van der Waals surface area contributed by atoms with Gasteiger partial charge in [-0.3, -0.25) is 0 Å². The zero-order valence-corrected chi connectivity index (χ0v) is 8.46. The highest BCUT2D eigenvalue weighted by Gasteiger charge is 2.03. The number of benzene rings is 1. The van der Waals surface area contributed by atoms with Gasteiger partial charge >= 0.3 is 0 Å². The molecule has 1 aromatic carbocycles. The molecule has 15 heavy (non-hydrogen) atoms. The fourth-order valence-corrected chi connectivity index (χ4v) is 0.959. The summed E-state index contributed by atoms with van der Waals surface area (Å²) in [6, 6.07) is 3.21. The number of nitrogens with zero attached hydrogens (tertiary/aromatic N) is 1. The first-order valence-electron chi connectivity index (χ1n) is 4.73. The third-order valence-corrected chi connectivity index (χ3v) is 1.72. The Balaban J connectivity index is 2.46. The minimum absolute atomic E-state index is 0.0830. The van der Waals surface area contributed by atoms with Crippen molar-refractivity contribution >= 4 is 6.21 Å². The molecule has 0 atom stereocenters. The van der Waals surface area contributed by atoms with Crippen LogP contribution >= 0.6 is 0 Å². The first-order valence-corrected chi connectivity index (χ1v) is 4.73. The molecule has 1 radical (unpaired) electrons. The molecule has 0 spiro atoms. The van der Waals surface area contributed by atoms with Gasteiger partial charge in [0, 0.05) is 5.56 Å². The number of rotatable bonds is 5. The summed E-state index contributed by atoms with van der Waals surface area (Å²) in [5.74, 6) is -0.987. The minimum Gasteiger partial charge on any atom is -0.391 e. The molecule has 0 N–H and O–H groups in total. The van der Waals surface area contributed by atoms with Crippen LogP contribution in [0.5, 0.6) is 0 Å². The Morgan fingerprint density at radius 1 is 1.40 bits per heavy atom. The Labute approximate surface area is 87.6 Å². The Morgan fingerprint density at radius 3 is 2.93 bits per heavy atom. The van der Waals surface area contributed by atoms with Gasteiger partial charge in [0.25, 0.3) is 0 Å². The lowest BCUT2D eigenvalue weighted by atomic mass is 10.2. The molecule has 0 saturated carbocycles. The van der Waals surface area contributed by atoms with Crippen molar-refractivity contribution in [3.63, 3.8) is 0 Å². The molecular formula is C11H12F2NO. The molecule has 0 aliphatic rings. The summed E-state index contributed by atoms with van der Waals surface area (Å²) < 4.78 is 25.7. The minimum atomic E-state index is -0.498. The molecule has 81 valence electrons. The fourth-order valence-electron chi connectivity index (χ4n) is 0.959. The van der Waals surface area contributed by atoms with Crippen LogP contribution in [0.25, 0.3) is 0 Å².